The van der Waals surface area contributed by atoms with Crippen molar-refractivity contribution in [1.29, 1.82) is 0 Å². The Labute approximate surface area is 126 Å². The molecule has 4 nitrogen and oxygen atoms in total. The molecule has 1 unspecified atom stereocenters. The summed E-state index contributed by atoms with van der Waals surface area (Å²) in [5.74, 6) is 0.868. The zero-order valence-corrected chi connectivity index (χ0v) is 13.0. The van der Waals surface area contributed by atoms with Gasteiger partial charge in [0, 0.05) is 18.7 Å². The maximum atomic E-state index is 10.6. The van der Waals surface area contributed by atoms with Gasteiger partial charge in [0.1, 0.15) is 11.5 Å². The van der Waals surface area contributed by atoms with E-state index < -0.39 is 5.60 Å². The van der Waals surface area contributed by atoms with E-state index in [-0.39, 0.29) is 17.5 Å². The van der Waals surface area contributed by atoms with Crippen molar-refractivity contribution in [2.45, 2.75) is 57.6 Å². The van der Waals surface area contributed by atoms with Crippen molar-refractivity contribution in [3.63, 3.8) is 0 Å². The zero-order chi connectivity index (χ0) is 15.5. The topological polar surface area (TPSA) is 72.7 Å². The average Bonchev–Trinajstić information content (AvgIpc) is 2.45. The van der Waals surface area contributed by atoms with Crippen LogP contribution in [0.25, 0.3) is 0 Å². The van der Waals surface area contributed by atoms with Gasteiger partial charge in [-0.15, -0.1) is 0 Å². The van der Waals surface area contributed by atoms with E-state index in [0.29, 0.717) is 6.54 Å². The number of nitrogens with one attached hydrogen (secondary N) is 1. The van der Waals surface area contributed by atoms with Gasteiger partial charge in [0.15, 0.2) is 0 Å². The molecule has 1 aromatic rings. The fraction of sp³-hybridized carbons (Fsp3) is 0.647. The Hall–Kier alpha value is -1.26. The SMILES string of the molecule is CCC1CCC(O)(CNC(C)c2cc(O)cc(O)c2)CC1. The summed E-state index contributed by atoms with van der Waals surface area (Å²) in [7, 11) is 0. The summed E-state index contributed by atoms with van der Waals surface area (Å²) in [5, 5.41) is 33.0. The summed E-state index contributed by atoms with van der Waals surface area (Å²) in [6.45, 7) is 4.72. The summed E-state index contributed by atoms with van der Waals surface area (Å²) in [6, 6.07) is 4.55. The number of benzene rings is 1. The molecular weight excluding hydrogens is 266 g/mol. The molecule has 1 aromatic carbocycles. The Balaban J connectivity index is 1.90. The highest BCUT2D eigenvalue weighted by atomic mass is 16.3. The highest BCUT2D eigenvalue weighted by Crippen LogP contribution is 2.34. The van der Waals surface area contributed by atoms with Crippen molar-refractivity contribution in [2.75, 3.05) is 6.54 Å². The van der Waals surface area contributed by atoms with Crippen molar-refractivity contribution in [3.05, 3.63) is 23.8 Å². The molecule has 0 aliphatic heterocycles. The molecule has 1 aliphatic carbocycles. The molecule has 1 atom stereocenters. The number of rotatable bonds is 5. The molecule has 0 spiro atoms. The molecule has 1 aliphatic rings. The van der Waals surface area contributed by atoms with Crippen LogP contribution in [-0.4, -0.2) is 27.5 Å². The van der Waals surface area contributed by atoms with Crippen molar-refractivity contribution >= 4 is 0 Å². The van der Waals surface area contributed by atoms with E-state index in [4.69, 9.17) is 0 Å². The predicted octanol–water partition coefficient (Wildman–Crippen LogP) is 3.08. The zero-order valence-electron chi connectivity index (χ0n) is 13.0. The van der Waals surface area contributed by atoms with Crippen LogP contribution in [0.5, 0.6) is 11.5 Å². The Morgan fingerprint density at radius 3 is 2.29 bits per heavy atom. The Kier molecular flexibility index (Phi) is 5.12. The quantitative estimate of drug-likeness (QED) is 0.673. The first-order chi connectivity index (χ1) is 9.92. The molecular formula is C17H27NO3. The Bertz CT molecular complexity index is 447. The fourth-order valence-electron chi connectivity index (χ4n) is 3.13. The molecule has 0 saturated heterocycles. The number of aliphatic hydroxyl groups is 1. The van der Waals surface area contributed by atoms with Crippen LogP contribution in [-0.2, 0) is 0 Å². The summed E-state index contributed by atoms with van der Waals surface area (Å²) in [5.41, 5.74) is 0.192. The molecule has 1 saturated carbocycles. The van der Waals surface area contributed by atoms with Gasteiger partial charge < -0.3 is 20.6 Å². The molecule has 0 heterocycles. The number of phenols is 2. The van der Waals surface area contributed by atoms with E-state index in [1.807, 2.05) is 6.92 Å². The second-order valence-electron chi connectivity index (χ2n) is 6.46. The molecule has 0 aromatic heterocycles. The average molecular weight is 293 g/mol. The lowest BCUT2D eigenvalue weighted by atomic mass is 9.77. The Morgan fingerprint density at radius 2 is 1.76 bits per heavy atom. The lowest BCUT2D eigenvalue weighted by Gasteiger charge is -2.36. The monoisotopic (exact) mass is 293 g/mol. The number of aromatic hydroxyl groups is 2. The highest BCUT2D eigenvalue weighted by molar-refractivity contribution is 5.37. The molecule has 1 fully saturated rings. The molecule has 4 N–H and O–H groups in total. The van der Waals surface area contributed by atoms with Gasteiger partial charge in [-0.2, -0.15) is 0 Å². The number of phenolic OH excluding ortho intramolecular Hbond substituents is 2. The number of hydrogen-bond acceptors (Lipinski definition) is 4. The minimum atomic E-state index is -0.626. The van der Waals surface area contributed by atoms with E-state index in [2.05, 4.69) is 12.2 Å². The summed E-state index contributed by atoms with van der Waals surface area (Å²) < 4.78 is 0. The maximum Gasteiger partial charge on any atom is 0.119 e. The third kappa shape index (κ3) is 4.35. The first-order valence-electron chi connectivity index (χ1n) is 7.90. The molecule has 0 radical (unpaired) electrons. The lowest BCUT2D eigenvalue weighted by molar-refractivity contribution is -0.0103. The van der Waals surface area contributed by atoms with Crippen LogP contribution in [0.2, 0.25) is 0 Å². The molecule has 2 rings (SSSR count). The third-order valence-electron chi connectivity index (χ3n) is 4.78. The first kappa shape index (κ1) is 16.1. The van der Waals surface area contributed by atoms with Crippen LogP contribution in [0, 0.1) is 5.92 Å². The third-order valence-corrected chi connectivity index (χ3v) is 4.78. The molecule has 118 valence electrons. The van der Waals surface area contributed by atoms with Gasteiger partial charge in [0.05, 0.1) is 5.60 Å². The van der Waals surface area contributed by atoms with Crippen molar-refractivity contribution < 1.29 is 15.3 Å². The maximum absolute atomic E-state index is 10.6. The van der Waals surface area contributed by atoms with Crippen molar-refractivity contribution in [3.8, 4) is 11.5 Å². The van der Waals surface area contributed by atoms with Crippen LogP contribution in [0.4, 0.5) is 0 Å². The van der Waals surface area contributed by atoms with Gasteiger partial charge in [-0.05, 0) is 56.2 Å². The second kappa shape index (κ2) is 6.67. The fourth-order valence-corrected chi connectivity index (χ4v) is 3.13. The smallest absolute Gasteiger partial charge is 0.119 e. The molecule has 4 heteroatoms. The minimum absolute atomic E-state index is 0.0316. The van der Waals surface area contributed by atoms with Gasteiger partial charge in [-0.3, -0.25) is 0 Å². The van der Waals surface area contributed by atoms with Gasteiger partial charge in [0.2, 0.25) is 0 Å². The van der Waals surface area contributed by atoms with E-state index in [9.17, 15) is 15.3 Å². The Morgan fingerprint density at radius 1 is 1.19 bits per heavy atom. The van der Waals surface area contributed by atoms with Crippen LogP contribution in [0.1, 0.15) is 57.6 Å². The molecule has 0 amide bonds. The van der Waals surface area contributed by atoms with Crippen molar-refractivity contribution in [1.82, 2.24) is 5.32 Å². The van der Waals surface area contributed by atoms with Crippen LogP contribution in [0.3, 0.4) is 0 Å². The van der Waals surface area contributed by atoms with E-state index in [1.165, 1.54) is 12.5 Å². The molecule has 21 heavy (non-hydrogen) atoms. The summed E-state index contributed by atoms with van der Waals surface area (Å²) >= 11 is 0. The lowest BCUT2D eigenvalue weighted by Crippen LogP contribution is -2.44. The van der Waals surface area contributed by atoms with E-state index >= 15 is 0 Å². The van der Waals surface area contributed by atoms with Gasteiger partial charge in [0.25, 0.3) is 0 Å². The van der Waals surface area contributed by atoms with E-state index in [0.717, 1.165) is 37.2 Å². The first-order valence-corrected chi connectivity index (χ1v) is 7.90. The minimum Gasteiger partial charge on any atom is -0.508 e. The number of hydrogen-bond donors (Lipinski definition) is 4. The van der Waals surface area contributed by atoms with Crippen LogP contribution < -0.4 is 5.32 Å². The van der Waals surface area contributed by atoms with Crippen LogP contribution in [0.15, 0.2) is 18.2 Å². The second-order valence-corrected chi connectivity index (χ2v) is 6.46. The van der Waals surface area contributed by atoms with Gasteiger partial charge >= 0.3 is 0 Å². The van der Waals surface area contributed by atoms with Crippen molar-refractivity contribution in [2.24, 2.45) is 5.92 Å². The summed E-state index contributed by atoms with van der Waals surface area (Å²) in [4.78, 5) is 0. The van der Waals surface area contributed by atoms with Gasteiger partial charge in [-0.1, -0.05) is 13.3 Å². The predicted molar refractivity (Wildman–Crippen MR) is 83.4 cm³/mol. The largest absolute Gasteiger partial charge is 0.508 e. The van der Waals surface area contributed by atoms with Gasteiger partial charge in [-0.25, -0.2) is 0 Å². The summed E-state index contributed by atoms with van der Waals surface area (Å²) in [6.07, 6.45) is 5.07. The highest BCUT2D eigenvalue weighted by Gasteiger charge is 2.32. The molecule has 0 bridgehead atoms. The standard InChI is InChI=1S/C17H27NO3/c1-3-13-4-6-17(21,7-5-13)11-18-12(2)14-8-15(19)10-16(20)9-14/h8-10,12-13,18-21H,3-7,11H2,1-2H3. The normalized spacial score (nSPS) is 27.5. The van der Waals surface area contributed by atoms with Crippen LogP contribution >= 0.6 is 0 Å². The van der Waals surface area contributed by atoms with E-state index in [1.54, 1.807) is 12.1 Å².